The van der Waals surface area contributed by atoms with Crippen LogP contribution in [-0.4, -0.2) is 57.9 Å². The van der Waals surface area contributed by atoms with Gasteiger partial charge < -0.3 is 15.2 Å². The molecule has 1 saturated heterocycles. The van der Waals surface area contributed by atoms with E-state index in [0.29, 0.717) is 35.5 Å². The fourth-order valence-corrected chi connectivity index (χ4v) is 3.96. The van der Waals surface area contributed by atoms with E-state index in [1.807, 2.05) is 23.1 Å². The molecule has 0 aliphatic carbocycles. The van der Waals surface area contributed by atoms with Crippen molar-refractivity contribution in [1.29, 1.82) is 0 Å². The lowest BCUT2D eigenvalue weighted by atomic mass is 10.1. The molecule has 2 amide bonds. The SMILES string of the molecule is CNC(=O)c1ncc(N2CCN(Cc3ccc4c(=S)n(C)c(=O)[nH]c4c3)CC2=O)cc1F. The molecule has 1 aliphatic heterocycles. The van der Waals surface area contributed by atoms with Crippen molar-refractivity contribution in [1.82, 2.24) is 24.8 Å². The first-order valence-electron chi connectivity index (χ1n) is 9.91. The molecule has 166 valence electrons. The Morgan fingerprint density at radius 1 is 1.28 bits per heavy atom. The van der Waals surface area contributed by atoms with Crippen LogP contribution in [0.2, 0.25) is 0 Å². The maximum atomic E-state index is 14.2. The number of halogens is 1. The molecule has 1 fully saturated rings. The number of carbonyl (C=O) groups excluding carboxylic acids is 2. The Morgan fingerprint density at radius 2 is 2.06 bits per heavy atom. The van der Waals surface area contributed by atoms with Crippen LogP contribution in [0.25, 0.3) is 10.9 Å². The van der Waals surface area contributed by atoms with Crippen LogP contribution in [-0.2, 0) is 18.4 Å². The van der Waals surface area contributed by atoms with Gasteiger partial charge in [0.25, 0.3) is 5.91 Å². The van der Waals surface area contributed by atoms with E-state index in [9.17, 15) is 18.8 Å². The summed E-state index contributed by atoms with van der Waals surface area (Å²) in [5, 5.41) is 3.10. The van der Waals surface area contributed by atoms with Crippen molar-refractivity contribution in [2.75, 3.05) is 31.6 Å². The second-order valence-corrected chi connectivity index (χ2v) is 7.92. The first-order chi connectivity index (χ1) is 15.3. The fourth-order valence-electron chi connectivity index (χ4n) is 3.70. The van der Waals surface area contributed by atoms with Gasteiger partial charge >= 0.3 is 5.69 Å². The summed E-state index contributed by atoms with van der Waals surface area (Å²) in [6, 6.07) is 6.80. The Balaban J connectivity index is 1.48. The Labute approximate surface area is 187 Å². The van der Waals surface area contributed by atoms with Gasteiger partial charge in [-0.1, -0.05) is 18.3 Å². The van der Waals surface area contributed by atoms with Crippen molar-refractivity contribution in [2.45, 2.75) is 6.54 Å². The number of hydrogen-bond donors (Lipinski definition) is 2. The largest absolute Gasteiger partial charge is 0.354 e. The van der Waals surface area contributed by atoms with E-state index in [1.54, 1.807) is 7.05 Å². The third-order valence-electron chi connectivity index (χ3n) is 5.45. The summed E-state index contributed by atoms with van der Waals surface area (Å²) in [5.74, 6) is -1.60. The van der Waals surface area contributed by atoms with Crippen LogP contribution in [0.1, 0.15) is 16.1 Å². The normalized spacial score (nSPS) is 14.7. The number of fused-ring (bicyclic) bond motifs is 1. The smallest absolute Gasteiger partial charge is 0.326 e. The zero-order valence-corrected chi connectivity index (χ0v) is 18.3. The lowest BCUT2D eigenvalue weighted by molar-refractivity contribution is -0.121. The number of benzene rings is 1. The van der Waals surface area contributed by atoms with Crippen molar-refractivity contribution in [3.8, 4) is 0 Å². The summed E-state index contributed by atoms with van der Waals surface area (Å²) >= 11 is 5.33. The molecule has 3 heterocycles. The molecule has 9 nitrogen and oxygen atoms in total. The van der Waals surface area contributed by atoms with E-state index in [0.717, 1.165) is 17.0 Å². The maximum absolute atomic E-state index is 14.2. The van der Waals surface area contributed by atoms with Gasteiger partial charge in [0.15, 0.2) is 11.5 Å². The van der Waals surface area contributed by atoms with E-state index in [-0.39, 0.29) is 23.8 Å². The number of anilines is 1. The van der Waals surface area contributed by atoms with Crippen molar-refractivity contribution < 1.29 is 14.0 Å². The van der Waals surface area contributed by atoms with Gasteiger partial charge in [-0.15, -0.1) is 0 Å². The Kier molecular flexibility index (Phi) is 5.85. The van der Waals surface area contributed by atoms with Crippen molar-refractivity contribution in [3.05, 3.63) is 62.7 Å². The number of nitrogens with zero attached hydrogens (tertiary/aromatic N) is 4. The molecule has 3 aromatic rings. The highest BCUT2D eigenvalue weighted by atomic mass is 32.1. The summed E-state index contributed by atoms with van der Waals surface area (Å²) in [6.07, 6.45) is 1.33. The second-order valence-electron chi connectivity index (χ2n) is 7.53. The first-order valence-corrected chi connectivity index (χ1v) is 10.3. The van der Waals surface area contributed by atoms with Crippen LogP contribution in [0.3, 0.4) is 0 Å². The van der Waals surface area contributed by atoms with Crippen molar-refractivity contribution in [2.24, 2.45) is 7.05 Å². The first kappa shape index (κ1) is 21.8. The number of aromatic nitrogens is 3. The second kappa shape index (κ2) is 8.60. The summed E-state index contributed by atoms with van der Waals surface area (Å²) in [5.41, 5.74) is 1.30. The van der Waals surface area contributed by atoms with Gasteiger partial charge in [0.1, 0.15) is 4.64 Å². The highest BCUT2D eigenvalue weighted by Gasteiger charge is 2.26. The van der Waals surface area contributed by atoms with Gasteiger partial charge in [0, 0.05) is 45.2 Å². The summed E-state index contributed by atoms with van der Waals surface area (Å²) in [6.45, 7) is 1.57. The molecule has 1 aromatic carbocycles. The third kappa shape index (κ3) is 4.04. The van der Waals surface area contributed by atoms with Crippen molar-refractivity contribution >= 4 is 40.6 Å². The number of pyridine rings is 1. The quantitative estimate of drug-likeness (QED) is 0.575. The van der Waals surface area contributed by atoms with Crippen LogP contribution in [0.4, 0.5) is 10.1 Å². The minimum absolute atomic E-state index is 0.142. The average Bonchev–Trinajstić information content (AvgIpc) is 2.77. The molecule has 0 saturated carbocycles. The molecule has 32 heavy (non-hydrogen) atoms. The summed E-state index contributed by atoms with van der Waals surface area (Å²) in [7, 11) is 3.01. The van der Waals surface area contributed by atoms with Crippen LogP contribution in [0.5, 0.6) is 0 Å². The number of amides is 2. The van der Waals surface area contributed by atoms with E-state index in [4.69, 9.17) is 12.2 Å². The van der Waals surface area contributed by atoms with Gasteiger partial charge in [-0.05, 0) is 17.7 Å². The topological polar surface area (TPSA) is 103 Å². The minimum atomic E-state index is -0.781. The zero-order valence-electron chi connectivity index (χ0n) is 17.5. The van der Waals surface area contributed by atoms with Gasteiger partial charge in [-0.25, -0.2) is 14.2 Å². The molecular weight excluding hydrogens is 435 g/mol. The number of piperazine rings is 1. The van der Waals surface area contributed by atoms with Gasteiger partial charge in [0.05, 0.1) is 23.9 Å². The maximum Gasteiger partial charge on any atom is 0.326 e. The molecule has 0 radical (unpaired) electrons. The number of nitrogens with one attached hydrogen (secondary N) is 2. The van der Waals surface area contributed by atoms with Crippen molar-refractivity contribution in [3.63, 3.8) is 0 Å². The molecule has 4 rings (SSSR count). The predicted molar refractivity (Wildman–Crippen MR) is 120 cm³/mol. The van der Waals surface area contributed by atoms with Gasteiger partial charge in [0.2, 0.25) is 5.91 Å². The Bertz CT molecular complexity index is 1350. The van der Waals surface area contributed by atoms with Crippen LogP contribution in [0, 0.1) is 10.5 Å². The molecule has 0 unspecified atom stereocenters. The molecule has 2 aromatic heterocycles. The monoisotopic (exact) mass is 456 g/mol. The van der Waals surface area contributed by atoms with Crippen LogP contribution < -0.4 is 15.9 Å². The summed E-state index contributed by atoms with van der Waals surface area (Å²) in [4.78, 5) is 46.4. The fraction of sp³-hybridized carbons (Fsp3) is 0.286. The highest BCUT2D eigenvalue weighted by Crippen LogP contribution is 2.21. The third-order valence-corrected chi connectivity index (χ3v) is 5.95. The number of hydrogen-bond acceptors (Lipinski definition) is 6. The average molecular weight is 457 g/mol. The van der Waals surface area contributed by atoms with E-state index in [2.05, 4.69) is 15.3 Å². The lowest BCUT2D eigenvalue weighted by Crippen LogP contribution is -2.50. The molecule has 0 atom stereocenters. The lowest BCUT2D eigenvalue weighted by Gasteiger charge is -2.34. The van der Waals surface area contributed by atoms with Crippen LogP contribution in [0.15, 0.2) is 35.3 Å². The highest BCUT2D eigenvalue weighted by molar-refractivity contribution is 7.71. The van der Waals surface area contributed by atoms with Crippen LogP contribution >= 0.6 is 12.2 Å². The number of carbonyl (C=O) groups is 2. The molecule has 0 spiro atoms. The number of H-pyrrole nitrogens is 1. The molecule has 11 heteroatoms. The van der Waals surface area contributed by atoms with E-state index < -0.39 is 11.7 Å². The van der Waals surface area contributed by atoms with E-state index in [1.165, 1.54) is 22.7 Å². The number of rotatable bonds is 4. The van der Waals surface area contributed by atoms with Gasteiger partial charge in [-0.2, -0.15) is 0 Å². The van der Waals surface area contributed by atoms with Gasteiger partial charge in [-0.3, -0.25) is 19.1 Å². The number of aromatic amines is 1. The Morgan fingerprint density at radius 3 is 2.75 bits per heavy atom. The van der Waals surface area contributed by atoms with E-state index >= 15 is 0 Å². The predicted octanol–water partition coefficient (Wildman–Crippen LogP) is 1.34. The standard InChI is InChI=1S/C21H21FN6O3S/c1-23-19(30)18-15(22)8-13(9-24-18)28-6-5-27(11-17(28)29)10-12-3-4-14-16(7-12)25-21(31)26(2)20(14)32/h3-4,7-9H,5-6,10-11H2,1-2H3,(H,23,30)(H,25,31). The molecule has 2 N–H and O–H groups in total. The molecular formula is C21H21FN6O3S. The zero-order chi connectivity index (χ0) is 23.0. The minimum Gasteiger partial charge on any atom is -0.354 e. The molecule has 0 bridgehead atoms. The Hall–Kier alpha value is -3.44. The molecule has 1 aliphatic rings. The summed E-state index contributed by atoms with van der Waals surface area (Å²) < 4.78 is 16.1.